The lowest BCUT2D eigenvalue weighted by Crippen LogP contribution is -2.17. The molecule has 2 atom stereocenters. The van der Waals surface area contributed by atoms with Crippen molar-refractivity contribution in [1.82, 2.24) is 14.5 Å². The lowest BCUT2D eigenvalue weighted by Gasteiger charge is -2.18. The van der Waals surface area contributed by atoms with Crippen LogP contribution in [-0.4, -0.2) is 49.3 Å². The molecule has 3 N–H and O–H groups in total. The van der Waals surface area contributed by atoms with Crippen LogP contribution in [0.4, 0.5) is 10.2 Å². The third-order valence-electron chi connectivity index (χ3n) is 4.50. The molecule has 1 aromatic carbocycles. The molecule has 0 saturated carbocycles. The first-order chi connectivity index (χ1) is 14.0. The Morgan fingerprint density at radius 3 is 2.48 bits per heavy atom. The number of thioether (sulfide) groups is 1. The van der Waals surface area contributed by atoms with Crippen LogP contribution in [0.3, 0.4) is 0 Å². The number of aliphatic hydroxyl groups is 2. The van der Waals surface area contributed by atoms with Crippen LogP contribution in [0.2, 0.25) is 0 Å². The molecular weight excluding hydrogens is 391 g/mol. The van der Waals surface area contributed by atoms with Gasteiger partial charge in [-0.15, -0.1) is 0 Å². The number of nitrogens with zero attached hydrogens (tertiary/aromatic N) is 3. The van der Waals surface area contributed by atoms with Crippen LogP contribution in [0.25, 0.3) is 16.9 Å². The van der Waals surface area contributed by atoms with Gasteiger partial charge < -0.3 is 15.5 Å². The fraction of sp³-hybridized carbons (Fsp3) is 0.333. The maximum absolute atomic E-state index is 13.5. The Morgan fingerprint density at radius 2 is 1.86 bits per heavy atom. The Balaban J connectivity index is 2.15. The number of hydrogen-bond donors (Lipinski definition) is 3. The third kappa shape index (κ3) is 5.14. The van der Waals surface area contributed by atoms with Gasteiger partial charge in [0, 0.05) is 29.8 Å². The molecule has 3 rings (SSSR count). The number of aliphatic hydroxyl groups excluding tert-OH is 2. The summed E-state index contributed by atoms with van der Waals surface area (Å²) in [6.07, 6.45) is 3.48. The second kappa shape index (κ2) is 9.87. The van der Waals surface area contributed by atoms with Crippen molar-refractivity contribution in [2.75, 3.05) is 17.7 Å². The zero-order valence-electron chi connectivity index (χ0n) is 16.4. The first kappa shape index (κ1) is 21.3. The van der Waals surface area contributed by atoms with E-state index in [9.17, 15) is 9.50 Å². The minimum Gasteiger partial charge on any atom is -0.394 e. The van der Waals surface area contributed by atoms with E-state index in [2.05, 4.69) is 24.1 Å². The summed E-state index contributed by atoms with van der Waals surface area (Å²) in [4.78, 5) is 8.90. The summed E-state index contributed by atoms with van der Waals surface area (Å²) >= 11 is 1.35. The fourth-order valence-corrected chi connectivity index (χ4v) is 3.66. The van der Waals surface area contributed by atoms with Crippen molar-refractivity contribution in [3.8, 4) is 16.9 Å². The van der Waals surface area contributed by atoms with Gasteiger partial charge in [-0.2, -0.15) is 0 Å². The maximum atomic E-state index is 13.5. The maximum Gasteiger partial charge on any atom is 0.175 e. The number of nitrogens with one attached hydrogen (secondary N) is 1. The molecule has 2 heterocycles. The molecule has 0 radical (unpaired) electrons. The molecule has 0 amide bonds. The van der Waals surface area contributed by atoms with Crippen LogP contribution < -0.4 is 5.32 Å². The topological polar surface area (TPSA) is 83.2 Å². The highest BCUT2D eigenvalue weighted by molar-refractivity contribution is 7.99. The predicted molar refractivity (Wildman–Crippen MR) is 114 cm³/mol. The smallest absolute Gasteiger partial charge is 0.175 e. The Bertz CT molecular complexity index is 918. The minimum atomic E-state index is -0.845. The average Bonchev–Trinajstić information content (AvgIpc) is 3.10. The van der Waals surface area contributed by atoms with Gasteiger partial charge in [0.15, 0.2) is 5.16 Å². The van der Waals surface area contributed by atoms with Crippen LogP contribution in [-0.2, 0) is 0 Å². The van der Waals surface area contributed by atoms with Gasteiger partial charge >= 0.3 is 0 Å². The van der Waals surface area contributed by atoms with Crippen molar-refractivity contribution in [2.24, 2.45) is 0 Å². The molecule has 0 spiro atoms. The minimum absolute atomic E-state index is 0.187. The highest BCUT2D eigenvalue weighted by atomic mass is 32.2. The largest absolute Gasteiger partial charge is 0.394 e. The number of hydrogen-bond acceptors (Lipinski definition) is 6. The third-order valence-corrected chi connectivity index (χ3v) is 5.58. The van der Waals surface area contributed by atoms with E-state index in [1.54, 1.807) is 24.5 Å². The predicted octanol–water partition coefficient (Wildman–Crippen LogP) is 3.73. The van der Waals surface area contributed by atoms with E-state index in [-0.39, 0.29) is 18.5 Å². The molecule has 0 aliphatic rings. The Kier molecular flexibility index (Phi) is 7.24. The Labute approximate surface area is 173 Å². The fourth-order valence-electron chi connectivity index (χ4n) is 2.73. The van der Waals surface area contributed by atoms with E-state index >= 15 is 0 Å². The summed E-state index contributed by atoms with van der Waals surface area (Å²) in [6.45, 7) is 3.86. The van der Waals surface area contributed by atoms with Gasteiger partial charge in [0.2, 0.25) is 0 Å². The zero-order chi connectivity index (χ0) is 20.8. The summed E-state index contributed by atoms with van der Waals surface area (Å²) in [5, 5.41) is 23.2. The summed E-state index contributed by atoms with van der Waals surface area (Å²) in [5.74, 6) is 0.780. The number of anilines is 1. The van der Waals surface area contributed by atoms with Gasteiger partial charge in [-0.25, -0.2) is 9.37 Å². The molecule has 0 bridgehead atoms. The van der Waals surface area contributed by atoms with Crippen molar-refractivity contribution < 1.29 is 14.6 Å². The summed E-state index contributed by atoms with van der Waals surface area (Å²) in [6, 6.07) is 10.2. The van der Waals surface area contributed by atoms with E-state index in [0.717, 1.165) is 23.5 Å². The molecule has 29 heavy (non-hydrogen) atoms. The molecule has 3 aromatic rings. The van der Waals surface area contributed by atoms with Crippen LogP contribution in [0, 0.1) is 5.82 Å². The van der Waals surface area contributed by atoms with Crippen LogP contribution >= 0.6 is 11.8 Å². The lowest BCUT2D eigenvalue weighted by molar-refractivity contribution is 0.113. The molecular formula is C21H25FN4O2S. The molecule has 0 saturated heterocycles. The summed E-state index contributed by atoms with van der Waals surface area (Å²) in [7, 11) is 0. The highest BCUT2D eigenvalue weighted by Gasteiger charge is 2.22. The van der Waals surface area contributed by atoms with Gasteiger partial charge in [0.25, 0.3) is 0 Å². The van der Waals surface area contributed by atoms with Gasteiger partial charge in [-0.3, -0.25) is 9.55 Å². The van der Waals surface area contributed by atoms with E-state index in [4.69, 9.17) is 10.1 Å². The number of benzene rings is 1. The molecule has 0 fully saturated rings. The summed E-state index contributed by atoms with van der Waals surface area (Å²) < 4.78 is 15.4. The van der Waals surface area contributed by atoms with Crippen molar-refractivity contribution in [2.45, 2.75) is 37.6 Å². The molecule has 8 heteroatoms. The van der Waals surface area contributed by atoms with Crippen molar-refractivity contribution in [3.05, 3.63) is 54.6 Å². The Hall–Kier alpha value is -2.42. The number of imidazole rings is 1. The van der Waals surface area contributed by atoms with E-state index in [1.165, 1.54) is 23.9 Å². The van der Waals surface area contributed by atoms with E-state index < -0.39 is 6.10 Å². The first-order valence-electron chi connectivity index (χ1n) is 9.50. The standard InChI is InChI=1S/C21H25FN4O2S/c1-3-14(2)24-20-19(15-4-6-16(22)7-5-15)25-21(29-13-18(28)12-27)26(20)17-8-10-23-11-9-17/h4-11,14,18,24,27-28H,3,12-13H2,1-2H3. The molecule has 0 aliphatic carbocycles. The van der Waals surface area contributed by atoms with Gasteiger partial charge in [-0.1, -0.05) is 18.7 Å². The van der Waals surface area contributed by atoms with Crippen molar-refractivity contribution in [1.29, 1.82) is 0 Å². The first-order valence-corrected chi connectivity index (χ1v) is 10.5. The average molecular weight is 417 g/mol. The van der Waals surface area contributed by atoms with Crippen molar-refractivity contribution in [3.63, 3.8) is 0 Å². The molecule has 6 nitrogen and oxygen atoms in total. The van der Waals surface area contributed by atoms with E-state index in [1.807, 2.05) is 16.7 Å². The normalized spacial score (nSPS) is 13.3. The van der Waals surface area contributed by atoms with Gasteiger partial charge in [0.1, 0.15) is 17.3 Å². The monoisotopic (exact) mass is 416 g/mol. The Morgan fingerprint density at radius 1 is 1.17 bits per heavy atom. The quantitative estimate of drug-likeness (QED) is 0.461. The van der Waals surface area contributed by atoms with Gasteiger partial charge in [0.05, 0.1) is 18.4 Å². The second-order valence-corrected chi connectivity index (χ2v) is 7.73. The van der Waals surface area contributed by atoms with E-state index in [0.29, 0.717) is 16.6 Å². The number of aromatic nitrogens is 3. The SMILES string of the molecule is CCC(C)Nc1c(-c2ccc(F)cc2)nc(SCC(O)CO)n1-c1ccncc1. The number of rotatable bonds is 9. The lowest BCUT2D eigenvalue weighted by atomic mass is 10.1. The highest BCUT2D eigenvalue weighted by Crippen LogP contribution is 2.36. The van der Waals surface area contributed by atoms with Crippen molar-refractivity contribution >= 4 is 17.6 Å². The molecule has 2 aromatic heterocycles. The molecule has 154 valence electrons. The van der Waals surface area contributed by atoms with Crippen LogP contribution in [0.5, 0.6) is 0 Å². The zero-order valence-corrected chi connectivity index (χ0v) is 17.2. The molecule has 2 unspecified atom stereocenters. The summed E-state index contributed by atoms with van der Waals surface area (Å²) in [5.41, 5.74) is 2.35. The van der Waals surface area contributed by atoms with Crippen LogP contribution in [0.15, 0.2) is 53.9 Å². The second-order valence-electron chi connectivity index (χ2n) is 6.74. The number of pyridine rings is 1. The number of halogens is 1. The van der Waals surface area contributed by atoms with Gasteiger partial charge in [-0.05, 0) is 49.7 Å². The molecule has 0 aliphatic heterocycles. The van der Waals surface area contributed by atoms with Crippen LogP contribution in [0.1, 0.15) is 20.3 Å².